The van der Waals surface area contributed by atoms with Crippen LogP contribution in [0.4, 0.5) is 14.6 Å². The van der Waals surface area contributed by atoms with Crippen molar-refractivity contribution < 1.29 is 18.3 Å². The number of rotatable bonds is 5. The minimum atomic E-state index is -2.92. The van der Waals surface area contributed by atoms with Gasteiger partial charge in [-0.25, -0.2) is 4.68 Å². The summed E-state index contributed by atoms with van der Waals surface area (Å²) in [6.45, 7) is -2.92. The number of hydrogen-bond acceptors (Lipinski definition) is 3. The first-order valence-electron chi connectivity index (χ1n) is 7.53. The molecule has 5 nitrogen and oxygen atoms in total. The summed E-state index contributed by atoms with van der Waals surface area (Å²) in [5.74, 6) is 0.184. The van der Waals surface area contributed by atoms with Crippen molar-refractivity contribution in [2.45, 2.75) is 38.3 Å². The van der Waals surface area contributed by atoms with E-state index in [-0.39, 0.29) is 17.2 Å². The van der Waals surface area contributed by atoms with Crippen LogP contribution >= 0.6 is 0 Å². The molecule has 0 radical (unpaired) electrons. The van der Waals surface area contributed by atoms with Gasteiger partial charge in [-0.05, 0) is 31.0 Å². The van der Waals surface area contributed by atoms with Gasteiger partial charge in [0.1, 0.15) is 11.6 Å². The van der Waals surface area contributed by atoms with Crippen LogP contribution in [0.5, 0.6) is 5.75 Å². The van der Waals surface area contributed by atoms with Crippen LogP contribution < -0.4 is 10.1 Å². The molecule has 0 atom stereocenters. The molecular formula is C16H17F2N3O2. The molecule has 1 saturated carbocycles. The van der Waals surface area contributed by atoms with Crippen molar-refractivity contribution >= 4 is 11.7 Å². The molecule has 0 saturated heterocycles. The molecule has 0 bridgehead atoms. The van der Waals surface area contributed by atoms with Gasteiger partial charge >= 0.3 is 6.61 Å². The highest BCUT2D eigenvalue weighted by molar-refractivity contribution is 6.04. The second-order valence-electron chi connectivity index (χ2n) is 5.46. The average Bonchev–Trinajstić information content (AvgIpc) is 3.17. The van der Waals surface area contributed by atoms with E-state index in [1.807, 2.05) is 4.68 Å². The van der Waals surface area contributed by atoms with Crippen LogP contribution in [0.2, 0.25) is 0 Å². The monoisotopic (exact) mass is 321 g/mol. The Morgan fingerprint density at radius 3 is 2.83 bits per heavy atom. The maximum Gasteiger partial charge on any atom is 0.387 e. The molecule has 0 spiro atoms. The van der Waals surface area contributed by atoms with E-state index in [9.17, 15) is 13.6 Å². The van der Waals surface area contributed by atoms with E-state index in [0.717, 1.165) is 25.7 Å². The molecule has 23 heavy (non-hydrogen) atoms. The zero-order valence-corrected chi connectivity index (χ0v) is 12.4. The molecule has 7 heteroatoms. The molecule has 2 aromatic rings. The predicted molar refractivity (Wildman–Crippen MR) is 80.8 cm³/mol. The summed E-state index contributed by atoms with van der Waals surface area (Å²) in [6.07, 6.45) is 6.05. The summed E-state index contributed by atoms with van der Waals surface area (Å²) < 4.78 is 30.6. The minimum absolute atomic E-state index is 0.0445. The van der Waals surface area contributed by atoms with E-state index in [1.54, 1.807) is 18.3 Å². The first-order valence-corrected chi connectivity index (χ1v) is 7.53. The summed E-state index contributed by atoms with van der Waals surface area (Å²) in [5, 5.41) is 7.06. The normalized spacial score (nSPS) is 15.1. The largest absolute Gasteiger partial charge is 0.435 e. The molecule has 0 unspecified atom stereocenters. The van der Waals surface area contributed by atoms with Crippen LogP contribution in [-0.2, 0) is 0 Å². The Bertz CT molecular complexity index is 681. The van der Waals surface area contributed by atoms with Crippen LogP contribution in [0, 0.1) is 0 Å². The average molecular weight is 321 g/mol. The van der Waals surface area contributed by atoms with Gasteiger partial charge in [-0.15, -0.1) is 0 Å². The summed E-state index contributed by atoms with van der Waals surface area (Å²) >= 11 is 0. The number of ether oxygens (including phenoxy) is 1. The molecule has 1 aromatic carbocycles. The maximum absolute atomic E-state index is 12.3. The van der Waals surface area contributed by atoms with Gasteiger partial charge in [-0.3, -0.25) is 4.79 Å². The van der Waals surface area contributed by atoms with E-state index in [2.05, 4.69) is 15.2 Å². The van der Waals surface area contributed by atoms with Crippen LogP contribution in [0.3, 0.4) is 0 Å². The van der Waals surface area contributed by atoms with Gasteiger partial charge in [0, 0.05) is 11.6 Å². The fraction of sp³-hybridized carbons (Fsp3) is 0.375. The molecular weight excluding hydrogens is 304 g/mol. The van der Waals surface area contributed by atoms with Crippen molar-refractivity contribution in [1.29, 1.82) is 0 Å². The lowest BCUT2D eigenvalue weighted by Gasteiger charge is -2.15. The molecule has 1 aliphatic carbocycles. The fourth-order valence-corrected chi connectivity index (χ4v) is 2.86. The lowest BCUT2D eigenvalue weighted by atomic mass is 10.2. The van der Waals surface area contributed by atoms with Gasteiger partial charge in [-0.1, -0.05) is 18.9 Å². The third-order valence-electron chi connectivity index (χ3n) is 3.90. The van der Waals surface area contributed by atoms with Crippen LogP contribution in [-0.4, -0.2) is 22.3 Å². The van der Waals surface area contributed by atoms with Crippen molar-refractivity contribution in [2.24, 2.45) is 0 Å². The fourth-order valence-electron chi connectivity index (χ4n) is 2.86. The van der Waals surface area contributed by atoms with E-state index in [1.165, 1.54) is 18.2 Å². The summed E-state index contributed by atoms with van der Waals surface area (Å²) in [5.41, 5.74) is 0.252. The highest BCUT2D eigenvalue weighted by Gasteiger charge is 2.21. The Balaban J connectivity index is 1.73. The van der Waals surface area contributed by atoms with Crippen LogP contribution in [0.25, 0.3) is 0 Å². The quantitative estimate of drug-likeness (QED) is 0.910. The second kappa shape index (κ2) is 6.76. The summed E-state index contributed by atoms with van der Waals surface area (Å²) in [6, 6.07) is 7.75. The van der Waals surface area contributed by atoms with Gasteiger partial charge in [0.25, 0.3) is 5.91 Å². The van der Waals surface area contributed by atoms with E-state index < -0.39 is 6.61 Å². The Labute approximate surface area is 132 Å². The highest BCUT2D eigenvalue weighted by atomic mass is 19.3. The second-order valence-corrected chi connectivity index (χ2v) is 5.46. The number of aromatic nitrogens is 2. The lowest BCUT2D eigenvalue weighted by Crippen LogP contribution is -2.17. The third kappa shape index (κ3) is 3.67. The van der Waals surface area contributed by atoms with Crippen molar-refractivity contribution in [1.82, 2.24) is 9.78 Å². The Hall–Kier alpha value is -2.44. The number of benzene rings is 1. The number of halogens is 2. The zero-order chi connectivity index (χ0) is 16.2. The lowest BCUT2D eigenvalue weighted by molar-refractivity contribution is -0.0498. The molecule has 1 N–H and O–H groups in total. The summed E-state index contributed by atoms with van der Waals surface area (Å²) in [4.78, 5) is 12.3. The number of hydrogen-bond donors (Lipinski definition) is 1. The SMILES string of the molecule is O=C(Nc1ccnn1C1CCCC1)c1cccc(OC(F)F)c1. The highest BCUT2D eigenvalue weighted by Crippen LogP contribution is 2.31. The number of carbonyl (C=O) groups is 1. The van der Waals surface area contributed by atoms with E-state index >= 15 is 0 Å². The molecule has 0 aliphatic heterocycles. The number of carbonyl (C=O) groups excluding carboxylic acids is 1. The van der Waals surface area contributed by atoms with Crippen molar-refractivity contribution in [3.8, 4) is 5.75 Å². The van der Waals surface area contributed by atoms with Gasteiger partial charge < -0.3 is 10.1 Å². The van der Waals surface area contributed by atoms with Crippen molar-refractivity contribution in [3.05, 3.63) is 42.1 Å². The van der Waals surface area contributed by atoms with Crippen LogP contribution in [0.15, 0.2) is 36.5 Å². The number of nitrogens with zero attached hydrogens (tertiary/aromatic N) is 2. The maximum atomic E-state index is 12.3. The smallest absolute Gasteiger partial charge is 0.387 e. The molecule has 1 aromatic heterocycles. The summed E-state index contributed by atoms with van der Waals surface area (Å²) in [7, 11) is 0. The Kier molecular flexibility index (Phi) is 4.55. The predicted octanol–water partition coefficient (Wildman–Crippen LogP) is 3.85. The molecule has 1 amide bonds. The molecule has 1 heterocycles. The number of alkyl halides is 2. The van der Waals surface area contributed by atoms with E-state index in [0.29, 0.717) is 11.9 Å². The third-order valence-corrected chi connectivity index (χ3v) is 3.90. The number of anilines is 1. The Morgan fingerprint density at radius 2 is 2.09 bits per heavy atom. The molecule has 3 rings (SSSR count). The topological polar surface area (TPSA) is 56.2 Å². The van der Waals surface area contributed by atoms with Crippen molar-refractivity contribution in [3.63, 3.8) is 0 Å². The zero-order valence-electron chi connectivity index (χ0n) is 12.4. The molecule has 122 valence electrons. The van der Waals surface area contributed by atoms with Gasteiger partial charge in [0.2, 0.25) is 0 Å². The molecule has 1 fully saturated rings. The first kappa shape index (κ1) is 15.5. The van der Waals surface area contributed by atoms with Gasteiger partial charge in [0.05, 0.1) is 12.2 Å². The van der Waals surface area contributed by atoms with Gasteiger partial charge in [0.15, 0.2) is 0 Å². The standard InChI is InChI=1S/C16H17F2N3O2/c17-16(18)23-13-7-3-4-11(10-13)15(22)20-14-8-9-19-21(14)12-5-1-2-6-12/h3-4,7-10,12,16H,1-2,5-6H2,(H,20,22). The first-order chi connectivity index (χ1) is 11.1. The van der Waals surface area contributed by atoms with Gasteiger partial charge in [-0.2, -0.15) is 13.9 Å². The number of amides is 1. The number of nitrogens with one attached hydrogen (secondary N) is 1. The van der Waals surface area contributed by atoms with Crippen molar-refractivity contribution in [2.75, 3.05) is 5.32 Å². The Morgan fingerprint density at radius 1 is 1.30 bits per heavy atom. The minimum Gasteiger partial charge on any atom is -0.435 e. The molecule has 1 aliphatic rings. The van der Waals surface area contributed by atoms with Crippen LogP contribution in [0.1, 0.15) is 42.1 Å². The van der Waals surface area contributed by atoms with E-state index in [4.69, 9.17) is 0 Å².